The Kier molecular flexibility index (Phi) is 2.32. The molecule has 0 N–H and O–H groups in total. The van der Waals surface area contributed by atoms with Crippen LogP contribution in [0.5, 0.6) is 0 Å². The van der Waals surface area contributed by atoms with Gasteiger partial charge in [0.1, 0.15) is 4.88 Å². The third kappa shape index (κ3) is 1.80. The maximum absolute atomic E-state index is 12.2. The Labute approximate surface area is 86.0 Å². The Morgan fingerprint density at radius 3 is 2.64 bits per heavy atom. The predicted molar refractivity (Wildman–Crippen MR) is 49.3 cm³/mol. The third-order valence-corrected chi connectivity index (χ3v) is 3.17. The molecule has 0 saturated carbocycles. The lowest BCUT2D eigenvalue weighted by Gasteiger charge is -1.98. The quantitative estimate of drug-likeness (QED) is 0.733. The fourth-order valence-electron chi connectivity index (χ4n) is 0.904. The first-order valence-corrected chi connectivity index (χ1v) is 5.16. The third-order valence-electron chi connectivity index (χ3n) is 1.51. The monoisotopic (exact) mass is 234 g/mol. The van der Waals surface area contributed by atoms with Crippen LogP contribution in [0.25, 0.3) is 10.6 Å². The molecule has 0 unspecified atom stereocenters. The van der Waals surface area contributed by atoms with Crippen LogP contribution in [-0.2, 0) is 6.18 Å². The van der Waals surface area contributed by atoms with Gasteiger partial charge in [0.25, 0.3) is 0 Å². The van der Waals surface area contributed by atoms with Crippen molar-refractivity contribution < 1.29 is 13.2 Å². The van der Waals surface area contributed by atoms with Gasteiger partial charge in [0.05, 0.1) is 10.6 Å². The molecule has 2 heterocycles. The number of alkyl halides is 3. The molecule has 0 amide bonds. The molecule has 0 aromatic carbocycles. The van der Waals surface area contributed by atoms with Gasteiger partial charge < -0.3 is 0 Å². The van der Waals surface area contributed by atoms with E-state index in [4.69, 9.17) is 0 Å². The molecular weight excluding hydrogens is 231 g/mol. The van der Waals surface area contributed by atoms with Gasteiger partial charge in [0.2, 0.25) is 0 Å². The van der Waals surface area contributed by atoms with Crippen molar-refractivity contribution in [3.8, 4) is 10.6 Å². The number of halogens is 3. The highest BCUT2D eigenvalue weighted by molar-refractivity contribution is 7.13. The molecule has 1 radical (unpaired) electrons. The van der Waals surface area contributed by atoms with Gasteiger partial charge in [0, 0.05) is 5.38 Å². The van der Waals surface area contributed by atoms with Gasteiger partial charge in [-0.15, -0.1) is 11.3 Å². The molecule has 2 rings (SSSR count). The lowest BCUT2D eigenvalue weighted by atomic mass is 10.3. The smallest absolute Gasteiger partial charge is 0.191 e. The van der Waals surface area contributed by atoms with E-state index in [9.17, 15) is 13.2 Å². The minimum Gasteiger partial charge on any atom is -0.191 e. The molecule has 2 aromatic heterocycles. The first-order chi connectivity index (χ1) is 6.57. The molecule has 1 nitrogen and oxygen atoms in total. The molecule has 0 fully saturated rings. The number of hydrogen-bond donors (Lipinski definition) is 0. The van der Waals surface area contributed by atoms with E-state index in [0.717, 1.165) is 6.07 Å². The number of hydrogen-bond acceptors (Lipinski definition) is 3. The summed E-state index contributed by atoms with van der Waals surface area (Å²) in [6, 6.07) is 4.41. The normalized spacial score (nSPS) is 11.9. The Balaban J connectivity index is 2.36. The van der Waals surface area contributed by atoms with Crippen LogP contribution in [0.2, 0.25) is 0 Å². The standard InChI is InChI=1S/C8H3F3NS2/c9-8(10,11)7-4-5(12-14-7)6-2-1-3-13-6/h1-2,4H. The molecule has 0 aliphatic heterocycles. The molecule has 0 saturated heterocycles. The van der Waals surface area contributed by atoms with E-state index in [-0.39, 0.29) is 0 Å². The minimum absolute atomic E-state index is 0.369. The molecule has 2 aromatic rings. The fourth-order valence-corrected chi connectivity index (χ4v) is 2.19. The molecule has 0 aliphatic carbocycles. The topological polar surface area (TPSA) is 12.9 Å². The number of aromatic nitrogens is 1. The molecule has 0 spiro atoms. The van der Waals surface area contributed by atoms with Gasteiger partial charge >= 0.3 is 6.18 Å². The zero-order valence-corrected chi connectivity index (χ0v) is 8.26. The lowest BCUT2D eigenvalue weighted by molar-refractivity contribution is -0.134. The maximum atomic E-state index is 12.2. The SMILES string of the molecule is FC(F)(F)c1cc(-c2cc[c]s2)ns1. The van der Waals surface area contributed by atoms with Crippen LogP contribution < -0.4 is 0 Å². The van der Waals surface area contributed by atoms with Crippen molar-refractivity contribution in [2.24, 2.45) is 0 Å². The number of rotatable bonds is 1. The Bertz CT molecular complexity index is 416. The summed E-state index contributed by atoms with van der Waals surface area (Å²) in [5.74, 6) is 0. The first-order valence-electron chi connectivity index (χ1n) is 3.57. The molecular formula is C8H3F3NS2. The average Bonchev–Trinajstić information content (AvgIpc) is 2.73. The maximum Gasteiger partial charge on any atom is 0.427 e. The Hall–Kier alpha value is -0.880. The van der Waals surface area contributed by atoms with Gasteiger partial charge in [0.15, 0.2) is 0 Å². The molecule has 0 bridgehead atoms. The van der Waals surface area contributed by atoms with E-state index in [1.54, 1.807) is 12.1 Å². The van der Waals surface area contributed by atoms with E-state index < -0.39 is 11.1 Å². The van der Waals surface area contributed by atoms with Crippen molar-refractivity contribution in [1.29, 1.82) is 0 Å². The Morgan fingerprint density at radius 1 is 1.36 bits per heavy atom. The van der Waals surface area contributed by atoms with Crippen LogP contribution in [0, 0.1) is 5.38 Å². The van der Waals surface area contributed by atoms with E-state index in [1.165, 1.54) is 11.3 Å². The van der Waals surface area contributed by atoms with Crippen LogP contribution in [0.1, 0.15) is 4.88 Å². The van der Waals surface area contributed by atoms with Crippen LogP contribution in [0.4, 0.5) is 13.2 Å². The van der Waals surface area contributed by atoms with Crippen molar-refractivity contribution in [3.05, 3.63) is 28.5 Å². The predicted octanol–water partition coefficient (Wildman–Crippen LogP) is 3.69. The highest BCUT2D eigenvalue weighted by Crippen LogP contribution is 2.35. The second-order valence-electron chi connectivity index (χ2n) is 2.49. The largest absolute Gasteiger partial charge is 0.427 e. The molecule has 6 heteroatoms. The summed E-state index contributed by atoms with van der Waals surface area (Å²) in [4.78, 5) is 0.0395. The number of thiophene rings is 1. The Morgan fingerprint density at radius 2 is 2.14 bits per heavy atom. The number of nitrogens with zero attached hydrogens (tertiary/aromatic N) is 1. The van der Waals surface area contributed by atoms with Crippen molar-refractivity contribution in [2.75, 3.05) is 0 Å². The van der Waals surface area contributed by atoms with Gasteiger partial charge in [-0.2, -0.15) is 17.5 Å². The second kappa shape index (κ2) is 3.36. The molecule has 14 heavy (non-hydrogen) atoms. The van der Waals surface area contributed by atoms with Crippen LogP contribution in [0.15, 0.2) is 18.2 Å². The van der Waals surface area contributed by atoms with Crippen LogP contribution in [0.3, 0.4) is 0 Å². The van der Waals surface area contributed by atoms with Crippen molar-refractivity contribution >= 4 is 22.9 Å². The zero-order chi connectivity index (χ0) is 10.2. The second-order valence-corrected chi connectivity index (χ2v) is 4.18. The van der Waals surface area contributed by atoms with E-state index >= 15 is 0 Å². The van der Waals surface area contributed by atoms with Gasteiger partial charge in [-0.05, 0) is 29.7 Å². The van der Waals surface area contributed by atoms with Crippen LogP contribution >= 0.6 is 22.9 Å². The molecule has 0 aliphatic rings. The molecule has 73 valence electrons. The van der Waals surface area contributed by atoms with Gasteiger partial charge in [-0.1, -0.05) is 0 Å². The minimum atomic E-state index is -4.29. The summed E-state index contributed by atoms with van der Waals surface area (Å²) >= 11 is 1.72. The van der Waals surface area contributed by atoms with E-state index in [0.29, 0.717) is 22.1 Å². The fraction of sp³-hybridized carbons (Fsp3) is 0.125. The lowest BCUT2D eigenvalue weighted by Crippen LogP contribution is -2.00. The van der Waals surface area contributed by atoms with Gasteiger partial charge in [-0.3, -0.25) is 0 Å². The zero-order valence-electron chi connectivity index (χ0n) is 6.63. The van der Waals surface area contributed by atoms with Crippen molar-refractivity contribution in [3.63, 3.8) is 0 Å². The summed E-state index contributed by atoms with van der Waals surface area (Å²) in [5, 5.41) is 2.80. The van der Waals surface area contributed by atoms with Crippen LogP contribution in [-0.4, -0.2) is 4.37 Å². The highest BCUT2D eigenvalue weighted by Gasteiger charge is 2.33. The van der Waals surface area contributed by atoms with Crippen molar-refractivity contribution in [2.45, 2.75) is 6.18 Å². The van der Waals surface area contributed by atoms with Crippen molar-refractivity contribution in [1.82, 2.24) is 4.37 Å². The van der Waals surface area contributed by atoms with E-state index in [1.807, 2.05) is 0 Å². The molecule has 0 atom stereocenters. The summed E-state index contributed by atoms with van der Waals surface area (Å²) < 4.78 is 40.4. The van der Waals surface area contributed by atoms with E-state index in [2.05, 4.69) is 9.75 Å². The average molecular weight is 234 g/mol. The highest BCUT2D eigenvalue weighted by atomic mass is 32.1. The summed E-state index contributed by atoms with van der Waals surface area (Å²) in [6.07, 6.45) is -4.29. The summed E-state index contributed by atoms with van der Waals surface area (Å²) in [6.45, 7) is 0. The summed E-state index contributed by atoms with van der Waals surface area (Å²) in [7, 11) is 0. The van der Waals surface area contributed by atoms with Gasteiger partial charge in [-0.25, -0.2) is 0 Å². The first kappa shape index (κ1) is 9.67. The summed E-state index contributed by atoms with van der Waals surface area (Å²) in [5.41, 5.74) is 0.369.